The third-order valence-electron chi connectivity index (χ3n) is 3.33. The highest BCUT2D eigenvalue weighted by atomic mass is 19.1. The van der Waals surface area contributed by atoms with Crippen molar-refractivity contribution in [2.45, 2.75) is 6.54 Å². The molecule has 0 aliphatic heterocycles. The zero-order chi connectivity index (χ0) is 17.1. The van der Waals surface area contributed by atoms with E-state index in [-0.39, 0.29) is 12.3 Å². The van der Waals surface area contributed by atoms with E-state index in [4.69, 9.17) is 5.73 Å². The largest absolute Gasteiger partial charge is 0.366 e. The number of nitrogens with two attached hydrogens (primary N) is 1. The SMILES string of the molecule is NC(=O)c1ccc(-c2nnn(CC(=O)c3ccc(F)cc3)n2)cc1. The minimum absolute atomic E-state index is 0.113. The van der Waals surface area contributed by atoms with E-state index in [2.05, 4.69) is 15.4 Å². The van der Waals surface area contributed by atoms with Crippen LogP contribution in [0.25, 0.3) is 11.4 Å². The lowest BCUT2D eigenvalue weighted by atomic mass is 10.1. The number of Topliss-reactive ketones (excluding diaryl/α,β-unsaturated/α-hetero) is 1. The maximum Gasteiger partial charge on any atom is 0.248 e. The van der Waals surface area contributed by atoms with Gasteiger partial charge in [0.25, 0.3) is 0 Å². The smallest absolute Gasteiger partial charge is 0.248 e. The van der Waals surface area contributed by atoms with Gasteiger partial charge in [-0.25, -0.2) is 4.39 Å². The first-order valence-electron chi connectivity index (χ1n) is 7.00. The maximum atomic E-state index is 12.9. The first-order chi connectivity index (χ1) is 11.5. The summed E-state index contributed by atoms with van der Waals surface area (Å²) in [7, 11) is 0. The molecule has 3 aromatic rings. The van der Waals surface area contributed by atoms with Gasteiger partial charge < -0.3 is 5.73 Å². The van der Waals surface area contributed by atoms with Crippen molar-refractivity contribution in [2.24, 2.45) is 5.73 Å². The molecule has 0 aliphatic carbocycles. The van der Waals surface area contributed by atoms with Gasteiger partial charge in [-0.15, -0.1) is 10.2 Å². The highest BCUT2D eigenvalue weighted by Gasteiger charge is 2.11. The summed E-state index contributed by atoms with van der Waals surface area (Å²) in [5.41, 5.74) is 6.55. The first-order valence-corrected chi connectivity index (χ1v) is 7.00. The Kier molecular flexibility index (Phi) is 4.11. The number of primary amides is 1. The van der Waals surface area contributed by atoms with Gasteiger partial charge >= 0.3 is 0 Å². The molecule has 1 heterocycles. The molecule has 0 saturated heterocycles. The zero-order valence-electron chi connectivity index (χ0n) is 12.4. The third kappa shape index (κ3) is 3.32. The van der Waals surface area contributed by atoms with Crippen LogP contribution in [0.1, 0.15) is 20.7 Å². The molecule has 8 heteroatoms. The summed E-state index contributed by atoms with van der Waals surface area (Å²) in [6, 6.07) is 11.6. The number of carbonyl (C=O) groups is 2. The van der Waals surface area contributed by atoms with E-state index in [0.717, 1.165) is 4.80 Å². The summed E-state index contributed by atoms with van der Waals surface area (Å²) in [4.78, 5) is 24.3. The fourth-order valence-corrected chi connectivity index (χ4v) is 2.06. The molecule has 0 saturated carbocycles. The monoisotopic (exact) mass is 325 g/mol. The molecule has 0 unspecified atom stereocenters. The molecule has 0 atom stereocenters. The summed E-state index contributed by atoms with van der Waals surface area (Å²) < 4.78 is 12.9. The molecule has 0 radical (unpaired) electrons. The molecule has 0 fully saturated rings. The van der Waals surface area contributed by atoms with E-state index in [1.807, 2.05) is 0 Å². The number of hydrogen-bond acceptors (Lipinski definition) is 5. The number of rotatable bonds is 5. The third-order valence-corrected chi connectivity index (χ3v) is 3.33. The van der Waals surface area contributed by atoms with Crippen molar-refractivity contribution in [2.75, 3.05) is 0 Å². The van der Waals surface area contributed by atoms with Crippen LogP contribution in [0.3, 0.4) is 0 Å². The van der Waals surface area contributed by atoms with Crippen molar-refractivity contribution in [3.05, 3.63) is 65.5 Å². The van der Waals surface area contributed by atoms with Crippen molar-refractivity contribution in [3.63, 3.8) is 0 Å². The van der Waals surface area contributed by atoms with Crippen molar-refractivity contribution in [3.8, 4) is 11.4 Å². The maximum absolute atomic E-state index is 12.9. The molecule has 2 N–H and O–H groups in total. The van der Waals surface area contributed by atoms with Crippen molar-refractivity contribution < 1.29 is 14.0 Å². The second-order valence-corrected chi connectivity index (χ2v) is 5.02. The standard InChI is InChI=1S/C16H12FN5O2/c17-13-7-5-10(6-8-13)14(23)9-22-20-16(19-21-22)12-3-1-11(2-4-12)15(18)24/h1-8H,9H2,(H2,18,24). The number of amides is 1. The van der Waals surface area contributed by atoms with Crippen molar-refractivity contribution >= 4 is 11.7 Å². The van der Waals surface area contributed by atoms with Gasteiger partial charge in [0.2, 0.25) is 11.7 Å². The van der Waals surface area contributed by atoms with Crippen LogP contribution in [-0.4, -0.2) is 31.9 Å². The Hall–Kier alpha value is -3.42. The molecule has 24 heavy (non-hydrogen) atoms. The summed E-state index contributed by atoms with van der Waals surface area (Å²) in [5.74, 6) is -0.879. The van der Waals surface area contributed by atoms with Crippen LogP contribution in [0.5, 0.6) is 0 Å². The van der Waals surface area contributed by atoms with Crippen LogP contribution in [0.15, 0.2) is 48.5 Å². The molecule has 7 nitrogen and oxygen atoms in total. The quantitative estimate of drug-likeness (QED) is 0.715. The Labute approximate surface area is 135 Å². The molecule has 0 bridgehead atoms. The fraction of sp³-hybridized carbons (Fsp3) is 0.0625. The van der Waals surface area contributed by atoms with Gasteiger partial charge in [-0.1, -0.05) is 12.1 Å². The van der Waals surface area contributed by atoms with Gasteiger partial charge in [0.15, 0.2) is 5.78 Å². The minimum atomic E-state index is -0.525. The molecule has 120 valence electrons. The van der Waals surface area contributed by atoms with Gasteiger partial charge in [0.1, 0.15) is 12.4 Å². The normalized spacial score (nSPS) is 10.5. The van der Waals surface area contributed by atoms with E-state index in [1.165, 1.54) is 24.3 Å². The molecular formula is C16H12FN5O2. The van der Waals surface area contributed by atoms with Gasteiger partial charge in [-0.2, -0.15) is 4.80 Å². The highest BCUT2D eigenvalue weighted by molar-refractivity contribution is 5.95. The minimum Gasteiger partial charge on any atom is -0.366 e. The molecule has 0 spiro atoms. The highest BCUT2D eigenvalue weighted by Crippen LogP contribution is 2.14. The number of tetrazole rings is 1. The number of benzene rings is 2. The average molecular weight is 325 g/mol. The Bertz CT molecular complexity index is 888. The zero-order valence-corrected chi connectivity index (χ0v) is 12.4. The van der Waals surface area contributed by atoms with Crippen LogP contribution in [0, 0.1) is 5.82 Å². The predicted molar refractivity (Wildman–Crippen MR) is 82.5 cm³/mol. The predicted octanol–water partition coefficient (Wildman–Crippen LogP) is 1.46. The summed E-state index contributed by atoms with van der Waals surface area (Å²) in [6.07, 6.45) is 0. The van der Waals surface area contributed by atoms with E-state index in [0.29, 0.717) is 22.5 Å². The van der Waals surface area contributed by atoms with Crippen LogP contribution < -0.4 is 5.73 Å². The number of hydrogen-bond donors (Lipinski definition) is 1. The fourth-order valence-electron chi connectivity index (χ4n) is 2.06. The topological polar surface area (TPSA) is 104 Å². The number of aromatic nitrogens is 4. The van der Waals surface area contributed by atoms with Crippen LogP contribution in [0.4, 0.5) is 4.39 Å². The molecule has 2 aromatic carbocycles. The molecule has 1 aromatic heterocycles. The Morgan fingerprint density at radius 3 is 2.25 bits per heavy atom. The average Bonchev–Trinajstić information content (AvgIpc) is 3.04. The van der Waals surface area contributed by atoms with Crippen LogP contribution in [-0.2, 0) is 6.54 Å². The van der Waals surface area contributed by atoms with E-state index >= 15 is 0 Å². The Morgan fingerprint density at radius 1 is 1.00 bits per heavy atom. The second kappa shape index (κ2) is 6.37. The number of nitrogens with zero attached hydrogens (tertiary/aromatic N) is 4. The van der Waals surface area contributed by atoms with E-state index < -0.39 is 11.7 Å². The van der Waals surface area contributed by atoms with E-state index in [9.17, 15) is 14.0 Å². The molecule has 1 amide bonds. The van der Waals surface area contributed by atoms with Gasteiger partial charge in [-0.3, -0.25) is 9.59 Å². The summed E-state index contributed by atoms with van der Waals surface area (Å²) in [6.45, 7) is -0.113. The molecular weight excluding hydrogens is 313 g/mol. The molecule has 0 aliphatic rings. The van der Waals surface area contributed by atoms with Gasteiger partial charge in [0.05, 0.1) is 0 Å². The Balaban J connectivity index is 1.74. The summed E-state index contributed by atoms with van der Waals surface area (Å²) in [5, 5.41) is 11.8. The van der Waals surface area contributed by atoms with Crippen LogP contribution in [0.2, 0.25) is 0 Å². The number of ketones is 1. The number of carbonyl (C=O) groups excluding carboxylic acids is 2. The Morgan fingerprint density at radius 2 is 1.62 bits per heavy atom. The first kappa shape index (κ1) is 15.5. The lowest BCUT2D eigenvalue weighted by Gasteiger charge is -1.99. The molecule has 3 rings (SSSR count). The number of halogens is 1. The second-order valence-electron chi connectivity index (χ2n) is 5.02. The lowest BCUT2D eigenvalue weighted by molar-refractivity contribution is 0.0959. The van der Waals surface area contributed by atoms with Crippen LogP contribution >= 0.6 is 0 Å². The van der Waals surface area contributed by atoms with Gasteiger partial charge in [-0.05, 0) is 41.6 Å². The lowest BCUT2D eigenvalue weighted by Crippen LogP contribution is -2.13. The summed E-state index contributed by atoms with van der Waals surface area (Å²) >= 11 is 0. The van der Waals surface area contributed by atoms with E-state index in [1.54, 1.807) is 24.3 Å². The van der Waals surface area contributed by atoms with Crippen molar-refractivity contribution in [1.29, 1.82) is 0 Å². The van der Waals surface area contributed by atoms with Gasteiger partial charge in [0, 0.05) is 16.7 Å². The van der Waals surface area contributed by atoms with Crippen molar-refractivity contribution in [1.82, 2.24) is 20.2 Å².